The average molecular weight is 440 g/mol. The normalized spacial score (nSPS) is 11.6. The van der Waals surface area contributed by atoms with Crippen LogP contribution in [0.3, 0.4) is 0 Å². The number of oxime groups is 1. The van der Waals surface area contributed by atoms with E-state index in [9.17, 15) is 0 Å². The largest absolute Gasteiger partial charge is 0.494 e. The van der Waals surface area contributed by atoms with Gasteiger partial charge in [-0.15, -0.1) is 0 Å². The Balaban J connectivity index is 1.68. The number of ether oxygens (including phenoxy) is 3. The van der Waals surface area contributed by atoms with Crippen molar-refractivity contribution >= 4 is 5.71 Å². The van der Waals surface area contributed by atoms with Gasteiger partial charge in [-0.3, -0.25) is 0 Å². The molecule has 0 aliphatic carbocycles. The number of benzene rings is 2. The Morgan fingerprint density at radius 3 is 2.12 bits per heavy atom. The molecule has 0 aromatic heterocycles. The van der Waals surface area contributed by atoms with Gasteiger partial charge in [0, 0.05) is 0 Å². The van der Waals surface area contributed by atoms with Gasteiger partial charge in [-0.1, -0.05) is 24.2 Å². The van der Waals surface area contributed by atoms with Gasteiger partial charge in [0.25, 0.3) is 0 Å². The smallest absolute Gasteiger partial charge is 0.125 e. The molecule has 2 aromatic carbocycles. The lowest BCUT2D eigenvalue weighted by molar-refractivity contribution is 0.213. The molecule has 0 spiro atoms. The van der Waals surface area contributed by atoms with Crippen molar-refractivity contribution in [1.82, 2.24) is 0 Å². The van der Waals surface area contributed by atoms with Crippen molar-refractivity contribution in [2.24, 2.45) is 5.16 Å². The van der Waals surface area contributed by atoms with E-state index >= 15 is 0 Å². The van der Waals surface area contributed by atoms with Crippen LogP contribution in [0.25, 0.3) is 0 Å². The molecule has 0 bridgehead atoms. The Kier molecular flexibility index (Phi) is 11.2. The van der Waals surface area contributed by atoms with Crippen molar-refractivity contribution in [3.8, 4) is 17.2 Å². The van der Waals surface area contributed by atoms with Crippen molar-refractivity contribution in [2.75, 3.05) is 26.9 Å². The fourth-order valence-electron chi connectivity index (χ4n) is 3.38. The van der Waals surface area contributed by atoms with Gasteiger partial charge in [-0.25, -0.2) is 0 Å². The zero-order valence-corrected chi connectivity index (χ0v) is 20.1. The Morgan fingerprint density at radius 2 is 1.53 bits per heavy atom. The molecule has 0 fully saturated rings. The molecule has 0 saturated heterocycles. The summed E-state index contributed by atoms with van der Waals surface area (Å²) in [7, 11) is 1.57. The van der Waals surface area contributed by atoms with Gasteiger partial charge in [-0.05, 0) is 99.5 Å². The van der Waals surface area contributed by atoms with Gasteiger partial charge in [0.2, 0.25) is 0 Å². The third kappa shape index (κ3) is 8.29. The molecule has 0 aliphatic rings. The number of nitrogens with zero attached hydrogens (tertiary/aromatic N) is 1. The Hall–Kier alpha value is -2.95. The van der Waals surface area contributed by atoms with E-state index in [1.54, 1.807) is 7.11 Å². The van der Waals surface area contributed by atoms with E-state index in [0.29, 0.717) is 19.8 Å². The number of hydrogen-bond donors (Lipinski definition) is 0. The zero-order valence-electron chi connectivity index (χ0n) is 20.1. The van der Waals surface area contributed by atoms with Crippen LogP contribution in [0.4, 0.5) is 0 Å². The van der Waals surface area contributed by atoms with Crippen LogP contribution < -0.4 is 14.2 Å². The van der Waals surface area contributed by atoms with E-state index in [4.69, 9.17) is 19.0 Å². The predicted molar refractivity (Wildman–Crippen MR) is 131 cm³/mol. The highest BCUT2D eigenvalue weighted by Gasteiger charge is 2.07. The second-order valence-electron chi connectivity index (χ2n) is 7.62. The van der Waals surface area contributed by atoms with E-state index < -0.39 is 0 Å². The molecule has 0 saturated carbocycles. The van der Waals surface area contributed by atoms with E-state index in [1.807, 2.05) is 55.5 Å². The summed E-state index contributed by atoms with van der Waals surface area (Å²) < 4.78 is 17.6. The summed E-state index contributed by atoms with van der Waals surface area (Å²) >= 11 is 0. The first-order chi connectivity index (χ1) is 15.6. The first-order valence-corrected chi connectivity index (χ1v) is 11.4. The number of allylic oxidation sites excluding steroid dienone is 1. The number of unbranched alkanes of at least 4 members (excludes halogenated alkanes) is 2. The molecule has 0 heterocycles. The third-order valence-electron chi connectivity index (χ3n) is 5.04. The summed E-state index contributed by atoms with van der Waals surface area (Å²) in [5.74, 6) is 2.72. The van der Waals surface area contributed by atoms with E-state index in [1.165, 1.54) is 0 Å². The van der Waals surface area contributed by atoms with Crippen molar-refractivity contribution in [1.29, 1.82) is 0 Å². The maximum atomic E-state index is 6.05. The minimum absolute atomic E-state index is 0.587. The molecule has 0 amide bonds. The molecule has 0 aliphatic heterocycles. The van der Waals surface area contributed by atoms with Crippen LogP contribution in [0, 0.1) is 13.8 Å². The summed E-state index contributed by atoms with van der Waals surface area (Å²) in [5.41, 5.74) is 4.20. The average Bonchev–Trinajstić information content (AvgIpc) is 2.79. The van der Waals surface area contributed by atoms with Crippen molar-refractivity contribution < 1.29 is 19.0 Å². The fraction of sp³-hybridized carbons (Fsp3) is 0.444. The van der Waals surface area contributed by atoms with Gasteiger partial charge in [0.15, 0.2) is 0 Å². The first-order valence-electron chi connectivity index (χ1n) is 11.4. The molecule has 32 heavy (non-hydrogen) atoms. The minimum Gasteiger partial charge on any atom is -0.494 e. The van der Waals surface area contributed by atoms with Crippen LogP contribution in [0.15, 0.2) is 53.7 Å². The first kappa shape index (κ1) is 25.3. The van der Waals surface area contributed by atoms with Crippen LogP contribution in [0.1, 0.15) is 56.2 Å². The maximum Gasteiger partial charge on any atom is 0.125 e. The lowest BCUT2D eigenvalue weighted by Crippen LogP contribution is -2.04. The maximum absolute atomic E-state index is 6.05. The molecule has 174 valence electrons. The monoisotopic (exact) mass is 439 g/mol. The molecule has 5 heteroatoms. The minimum atomic E-state index is 0.587. The van der Waals surface area contributed by atoms with Gasteiger partial charge in [0.1, 0.15) is 31.0 Å². The Bertz CT molecular complexity index is 849. The quantitative estimate of drug-likeness (QED) is 0.143. The standard InChI is InChI=1S/C27H37NO4/c1-6-8-16-31-25-19-21(3)27(22(4)20-25)32-18-11-9-10-17-30-24-14-12-23(13-15-24)26(7-2)28-29-5/h6,8,12-15,19-20H,7,9-11,16-18H2,1-5H3/b8-6+,28-26?. The summed E-state index contributed by atoms with van der Waals surface area (Å²) in [6.45, 7) is 10.2. The van der Waals surface area contributed by atoms with Crippen molar-refractivity contribution in [3.63, 3.8) is 0 Å². The third-order valence-corrected chi connectivity index (χ3v) is 5.04. The zero-order chi connectivity index (χ0) is 23.2. The van der Waals surface area contributed by atoms with E-state index in [-0.39, 0.29) is 0 Å². The number of hydrogen-bond acceptors (Lipinski definition) is 5. The van der Waals surface area contributed by atoms with Crippen molar-refractivity contribution in [3.05, 3.63) is 65.2 Å². The molecule has 5 nitrogen and oxygen atoms in total. The van der Waals surface area contributed by atoms with Crippen molar-refractivity contribution in [2.45, 2.75) is 53.4 Å². The molecule has 0 unspecified atom stereocenters. The molecule has 2 rings (SSSR count). The molecular weight excluding hydrogens is 402 g/mol. The van der Waals surface area contributed by atoms with Crippen LogP contribution in [0.5, 0.6) is 17.2 Å². The Labute approximate surface area is 193 Å². The summed E-state index contributed by atoms with van der Waals surface area (Å²) in [6, 6.07) is 12.1. The summed E-state index contributed by atoms with van der Waals surface area (Å²) in [5, 5.41) is 4.05. The summed E-state index contributed by atoms with van der Waals surface area (Å²) in [6.07, 6.45) is 7.85. The van der Waals surface area contributed by atoms with Gasteiger partial charge in [-0.2, -0.15) is 0 Å². The molecular formula is C27H37NO4. The lowest BCUT2D eigenvalue weighted by atomic mass is 10.1. The van der Waals surface area contributed by atoms with Crippen LogP contribution in [-0.2, 0) is 4.84 Å². The lowest BCUT2D eigenvalue weighted by Gasteiger charge is -2.14. The Morgan fingerprint density at radius 1 is 0.875 bits per heavy atom. The second kappa shape index (κ2) is 14.2. The second-order valence-corrected chi connectivity index (χ2v) is 7.62. The summed E-state index contributed by atoms with van der Waals surface area (Å²) in [4.78, 5) is 4.89. The van der Waals surface area contributed by atoms with E-state index in [0.717, 1.165) is 65.3 Å². The SMILES string of the molecule is C/C=C/COc1cc(C)c(OCCCCCOc2ccc(C(CC)=NOC)cc2)c(C)c1. The van der Waals surface area contributed by atoms with Crippen LogP contribution in [0.2, 0.25) is 0 Å². The topological polar surface area (TPSA) is 49.3 Å². The highest BCUT2D eigenvalue weighted by atomic mass is 16.6. The predicted octanol–water partition coefficient (Wildman–Crippen LogP) is 6.65. The molecule has 0 atom stereocenters. The fourth-order valence-corrected chi connectivity index (χ4v) is 3.38. The highest BCUT2D eigenvalue weighted by molar-refractivity contribution is 6.00. The number of rotatable bonds is 14. The van der Waals surface area contributed by atoms with E-state index in [2.05, 4.69) is 25.9 Å². The molecule has 2 aromatic rings. The number of aryl methyl sites for hydroxylation is 2. The highest BCUT2D eigenvalue weighted by Crippen LogP contribution is 2.28. The van der Waals surface area contributed by atoms with Gasteiger partial charge < -0.3 is 19.0 Å². The van der Waals surface area contributed by atoms with Crippen LogP contribution in [-0.4, -0.2) is 32.6 Å². The van der Waals surface area contributed by atoms with Crippen LogP contribution >= 0.6 is 0 Å². The van der Waals surface area contributed by atoms with Gasteiger partial charge in [0.05, 0.1) is 18.9 Å². The molecule has 0 N–H and O–H groups in total. The molecule has 0 radical (unpaired) electrons. The van der Waals surface area contributed by atoms with Gasteiger partial charge >= 0.3 is 0 Å².